The van der Waals surface area contributed by atoms with Crippen LogP contribution in [0.5, 0.6) is 0 Å². The number of ether oxygens (including phenoxy) is 1. The molecule has 1 fully saturated rings. The first kappa shape index (κ1) is 16.6. The van der Waals surface area contributed by atoms with E-state index >= 15 is 0 Å². The van der Waals surface area contributed by atoms with Crippen LogP contribution in [0.25, 0.3) is 10.9 Å². The van der Waals surface area contributed by atoms with E-state index in [1.807, 2.05) is 0 Å². The zero-order chi connectivity index (χ0) is 17.4. The summed E-state index contributed by atoms with van der Waals surface area (Å²) in [5.74, 6) is 0.629. The molecule has 0 spiro atoms. The van der Waals surface area contributed by atoms with Crippen molar-refractivity contribution < 1.29 is 4.74 Å². The summed E-state index contributed by atoms with van der Waals surface area (Å²) in [6.45, 7) is 5.66. The first-order chi connectivity index (χ1) is 12.3. The van der Waals surface area contributed by atoms with Crippen LogP contribution < -0.4 is 0 Å². The van der Waals surface area contributed by atoms with Gasteiger partial charge in [0, 0.05) is 35.7 Å². The molecule has 2 aliphatic rings. The number of rotatable bonds is 5. The topological polar surface area (TPSA) is 41.2 Å². The van der Waals surface area contributed by atoms with Crippen LogP contribution in [0.2, 0.25) is 0 Å². The van der Waals surface area contributed by atoms with E-state index in [-0.39, 0.29) is 0 Å². The minimum Gasteiger partial charge on any atom is -0.378 e. The van der Waals surface area contributed by atoms with Gasteiger partial charge in [-0.15, -0.1) is 0 Å². The van der Waals surface area contributed by atoms with E-state index in [0.29, 0.717) is 25.1 Å². The zero-order valence-corrected chi connectivity index (χ0v) is 15.3. The molecule has 0 amide bonds. The standard InChI is InChI=1S/C21H27N3O/c1-3-10-23-11-5-7-15-16-6-4-8-18-21(16)17(13-19(15)23)20(14-25-2)24(18)12-9-22/h4,6,8,15,19H,3,5,7,10-14H2,1-2H3/t15-,19-/m1/s1. The maximum atomic E-state index is 9.34. The Kier molecular flexibility index (Phi) is 4.54. The number of aromatic nitrogens is 1. The number of nitriles is 1. The second-order valence-corrected chi connectivity index (χ2v) is 7.40. The van der Waals surface area contributed by atoms with Gasteiger partial charge in [0.2, 0.25) is 0 Å². The summed E-state index contributed by atoms with van der Waals surface area (Å²) in [7, 11) is 1.75. The Morgan fingerprint density at radius 2 is 2.24 bits per heavy atom. The fraction of sp³-hybridized carbons (Fsp3) is 0.571. The van der Waals surface area contributed by atoms with Crippen LogP contribution in [0.3, 0.4) is 0 Å². The van der Waals surface area contributed by atoms with E-state index in [9.17, 15) is 5.26 Å². The Morgan fingerprint density at radius 1 is 1.36 bits per heavy atom. The highest BCUT2D eigenvalue weighted by Crippen LogP contribution is 2.45. The third-order valence-corrected chi connectivity index (χ3v) is 6.07. The molecule has 132 valence electrons. The highest BCUT2D eigenvalue weighted by molar-refractivity contribution is 5.90. The molecule has 4 nitrogen and oxygen atoms in total. The maximum absolute atomic E-state index is 9.34. The van der Waals surface area contributed by atoms with E-state index < -0.39 is 0 Å². The van der Waals surface area contributed by atoms with Gasteiger partial charge < -0.3 is 9.30 Å². The van der Waals surface area contributed by atoms with Crippen LogP contribution in [-0.2, 0) is 24.3 Å². The maximum Gasteiger partial charge on any atom is 0.110 e. The Labute approximate surface area is 150 Å². The van der Waals surface area contributed by atoms with Crippen LogP contribution in [0.15, 0.2) is 18.2 Å². The van der Waals surface area contributed by atoms with E-state index in [1.54, 1.807) is 7.11 Å². The Balaban J connectivity index is 1.90. The van der Waals surface area contributed by atoms with Crippen molar-refractivity contribution in [3.63, 3.8) is 0 Å². The molecule has 4 rings (SSSR count). The van der Waals surface area contributed by atoms with Crippen molar-refractivity contribution in [2.75, 3.05) is 20.2 Å². The van der Waals surface area contributed by atoms with E-state index in [1.165, 1.54) is 60.1 Å². The van der Waals surface area contributed by atoms with Gasteiger partial charge in [0.25, 0.3) is 0 Å². The molecule has 25 heavy (non-hydrogen) atoms. The van der Waals surface area contributed by atoms with E-state index in [4.69, 9.17) is 4.74 Å². The molecule has 0 unspecified atom stereocenters. The predicted octanol–water partition coefficient (Wildman–Crippen LogP) is 3.83. The van der Waals surface area contributed by atoms with Crippen molar-refractivity contribution >= 4 is 10.9 Å². The molecule has 1 saturated heterocycles. The molecule has 0 radical (unpaired) electrons. The number of benzene rings is 1. The lowest BCUT2D eigenvalue weighted by atomic mass is 9.74. The first-order valence-electron chi connectivity index (χ1n) is 9.52. The van der Waals surface area contributed by atoms with E-state index in [2.05, 4.69) is 40.7 Å². The van der Waals surface area contributed by atoms with Crippen molar-refractivity contribution in [2.45, 2.75) is 57.7 Å². The third-order valence-electron chi connectivity index (χ3n) is 6.07. The Morgan fingerprint density at radius 3 is 3.00 bits per heavy atom. The lowest BCUT2D eigenvalue weighted by Crippen LogP contribution is -2.47. The van der Waals surface area contributed by atoms with Gasteiger partial charge in [-0.25, -0.2) is 0 Å². The highest BCUT2D eigenvalue weighted by atomic mass is 16.5. The zero-order valence-electron chi connectivity index (χ0n) is 15.3. The summed E-state index contributed by atoms with van der Waals surface area (Å²) in [5.41, 5.74) is 5.34. The van der Waals surface area contributed by atoms with Gasteiger partial charge >= 0.3 is 0 Å². The molecule has 2 heterocycles. The van der Waals surface area contributed by atoms with Gasteiger partial charge in [-0.1, -0.05) is 19.1 Å². The molecule has 1 aromatic carbocycles. The largest absolute Gasteiger partial charge is 0.378 e. The fourth-order valence-electron chi connectivity index (χ4n) is 5.18. The monoisotopic (exact) mass is 337 g/mol. The molecule has 0 N–H and O–H groups in total. The lowest BCUT2D eigenvalue weighted by Gasteiger charge is -2.44. The lowest BCUT2D eigenvalue weighted by molar-refractivity contribution is 0.123. The second kappa shape index (κ2) is 6.82. The van der Waals surface area contributed by atoms with Gasteiger partial charge in [-0.3, -0.25) is 4.90 Å². The summed E-state index contributed by atoms with van der Waals surface area (Å²) in [4.78, 5) is 2.70. The summed E-state index contributed by atoms with van der Waals surface area (Å²) >= 11 is 0. The number of likely N-dealkylation sites (tertiary alicyclic amines) is 1. The number of fused-ring (bicyclic) bond motifs is 2. The average molecular weight is 337 g/mol. The highest BCUT2D eigenvalue weighted by Gasteiger charge is 2.38. The second-order valence-electron chi connectivity index (χ2n) is 7.40. The molecule has 2 atom stereocenters. The quantitative estimate of drug-likeness (QED) is 0.833. The minimum atomic E-state index is 0.395. The van der Waals surface area contributed by atoms with Crippen molar-refractivity contribution in [3.05, 3.63) is 35.0 Å². The smallest absolute Gasteiger partial charge is 0.110 e. The normalized spacial score (nSPS) is 22.8. The van der Waals surface area contributed by atoms with Gasteiger partial charge in [0.05, 0.1) is 12.7 Å². The molecule has 1 aliphatic carbocycles. The van der Waals surface area contributed by atoms with Crippen LogP contribution >= 0.6 is 0 Å². The first-order valence-corrected chi connectivity index (χ1v) is 9.52. The SMILES string of the molecule is CCCN1CCC[C@@H]2c3cccc4c3c(c(COC)n4CC#N)C[C@H]21. The number of nitrogens with zero attached hydrogens (tertiary/aromatic N) is 3. The summed E-state index contributed by atoms with van der Waals surface area (Å²) < 4.78 is 7.70. The number of methoxy groups -OCH3 is 1. The van der Waals surface area contributed by atoms with Crippen molar-refractivity contribution in [1.82, 2.24) is 9.47 Å². The average Bonchev–Trinajstić information content (AvgIpc) is 2.92. The number of piperidine rings is 1. The predicted molar refractivity (Wildman–Crippen MR) is 99.6 cm³/mol. The summed E-state index contributed by atoms with van der Waals surface area (Å²) in [6.07, 6.45) is 4.87. The molecular weight excluding hydrogens is 310 g/mol. The van der Waals surface area contributed by atoms with Crippen molar-refractivity contribution in [2.24, 2.45) is 0 Å². The van der Waals surface area contributed by atoms with Gasteiger partial charge in [-0.05, 0) is 56.0 Å². The molecule has 0 saturated carbocycles. The van der Waals surface area contributed by atoms with Crippen molar-refractivity contribution in [1.29, 1.82) is 5.26 Å². The Hall–Kier alpha value is -1.83. The fourth-order valence-corrected chi connectivity index (χ4v) is 5.18. The summed E-state index contributed by atoms with van der Waals surface area (Å²) in [6, 6.07) is 9.61. The molecule has 1 aromatic heterocycles. The van der Waals surface area contributed by atoms with Crippen LogP contribution in [-0.4, -0.2) is 35.7 Å². The molecular formula is C21H27N3O. The van der Waals surface area contributed by atoms with Gasteiger partial charge in [0.1, 0.15) is 6.54 Å². The van der Waals surface area contributed by atoms with Crippen LogP contribution in [0.4, 0.5) is 0 Å². The molecule has 4 heteroatoms. The van der Waals surface area contributed by atoms with Crippen molar-refractivity contribution in [3.8, 4) is 6.07 Å². The number of hydrogen-bond donors (Lipinski definition) is 0. The summed E-state index contributed by atoms with van der Waals surface area (Å²) in [5, 5.41) is 10.7. The number of hydrogen-bond acceptors (Lipinski definition) is 3. The minimum absolute atomic E-state index is 0.395. The van der Waals surface area contributed by atoms with Gasteiger partial charge in [0.15, 0.2) is 0 Å². The van der Waals surface area contributed by atoms with E-state index in [0.717, 1.165) is 6.42 Å². The molecule has 2 aromatic rings. The van der Waals surface area contributed by atoms with Crippen LogP contribution in [0, 0.1) is 11.3 Å². The molecule has 0 bridgehead atoms. The Bertz CT molecular complexity index is 815. The van der Waals surface area contributed by atoms with Crippen LogP contribution in [0.1, 0.15) is 48.9 Å². The molecule has 1 aliphatic heterocycles. The third kappa shape index (κ3) is 2.58. The van der Waals surface area contributed by atoms with Gasteiger partial charge in [-0.2, -0.15) is 5.26 Å².